The van der Waals surface area contributed by atoms with Gasteiger partial charge in [0.2, 0.25) is 0 Å². The molecule has 0 aromatic heterocycles. The van der Waals surface area contributed by atoms with E-state index in [4.69, 9.17) is 4.74 Å². The number of benzene rings is 1. The highest BCUT2D eigenvalue weighted by Gasteiger charge is 2.19. The lowest BCUT2D eigenvalue weighted by molar-refractivity contribution is -0.126. The number of imide groups is 1. The third-order valence-electron chi connectivity index (χ3n) is 2.36. The number of carbonyl (C=O) groups excluding carboxylic acids is 3. The van der Waals surface area contributed by atoms with Gasteiger partial charge in [0, 0.05) is 6.54 Å². The molecule has 108 valence electrons. The Morgan fingerprint density at radius 1 is 1.45 bits per heavy atom. The van der Waals surface area contributed by atoms with Gasteiger partial charge < -0.3 is 10.1 Å². The van der Waals surface area contributed by atoms with Gasteiger partial charge in [0.25, 0.3) is 5.91 Å². The second kappa shape index (κ2) is 7.64. The normalized spacial score (nSPS) is 11.3. The Morgan fingerprint density at radius 3 is 2.75 bits per heavy atom. The second-order valence-corrected chi connectivity index (χ2v) is 4.74. The molecule has 1 aromatic rings. The van der Waals surface area contributed by atoms with Crippen molar-refractivity contribution in [3.63, 3.8) is 0 Å². The molecule has 0 saturated heterocycles. The van der Waals surface area contributed by atoms with E-state index in [9.17, 15) is 14.4 Å². The number of halogens is 1. The summed E-state index contributed by atoms with van der Waals surface area (Å²) < 4.78 is 5.99. The molecule has 0 radical (unpaired) electrons. The van der Waals surface area contributed by atoms with Crippen LogP contribution in [0.4, 0.5) is 4.79 Å². The van der Waals surface area contributed by atoms with Gasteiger partial charge in [0.1, 0.15) is 5.75 Å². The van der Waals surface area contributed by atoms with Gasteiger partial charge >= 0.3 is 6.03 Å². The molecule has 0 heterocycles. The first-order valence-corrected chi connectivity index (χ1v) is 6.78. The van der Waals surface area contributed by atoms with Crippen LogP contribution in [0.3, 0.4) is 0 Å². The van der Waals surface area contributed by atoms with Crippen molar-refractivity contribution >= 4 is 34.2 Å². The third-order valence-corrected chi connectivity index (χ3v) is 2.99. The van der Waals surface area contributed by atoms with Crippen molar-refractivity contribution in [1.82, 2.24) is 10.6 Å². The maximum absolute atomic E-state index is 11.7. The molecule has 1 atom stereocenters. The highest BCUT2D eigenvalue weighted by Crippen LogP contribution is 2.28. The van der Waals surface area contributed by atoms with E-state index < -0.39 is 18.0 Å². The molecule has 0 aliphatic rings. The fraction of sp³-hybridized carbons (Fsp3) is 0.308. The minimum atomic E-state index is -0.921. The van der Waals surface area contributed by atoms with E-state index in [1.807, 2.05) is 0 Å². The second-order valence-electron chi connectivity index (χ2n) is 3.88. The summed E-state index contributed by atoms with van der Waals surface area (Å²) >= 11 is 3.25. The number of hydrogen-bond donors (Lipinski definition) is 2. The smallest absolute Gasteiger partial charge is 0.321 e. The molecule has 0 spiro atoms. The predicted molar refractivity (Wildman–Crippen MR) is 76.8 cm³/mol. The molecule has 0 fully saturated rings. The molecule has 0 bridgehead atoms. The van der Waals surface area contributed by atoms with Crippen LogP contribution >= 0.6 is 15.9 Å². The summed E-state index contributed by atoms with van der Waals surface area (Å²) in [6.45, 7) is 3.64. The number of rotatable bonds is 5. The van der Waals surface area contributed by atoms with Crippen LogP contribution in [0.1, 0.15) is 24.2 Å². The van der Waals surface area contributed by atoms with E-state index in [0.29, 0.717) is 22.9 Å². The Bertz CT molecular complexity index is 519. The fourth-order valence-electron chi connectivity index (χ4n) is 1.39. The summed E-state index contributed by atoms with van der Waals surface area (Å²) in [5.41, 5.74) is 0.317. The standard InChI is InChI=1S/C13H15BrN2O4/c1-3-15-13(19)16-12(18)8(2)20-11-9(7-17)5-4-6-10(11)14/h4-8H,3H2,1-2H3,(H2,15,16,18,19). The van der Waals surface area contributed by atoms with Gasteiger partial charge in [0.15, 0.2) is 12.4 Å². The summed E-state index contributed by atoms with van der Waals surface area (Å²) in [6.07, 6.45) is -0.288. The molecule has 20 heavy (non-hydrogen) atoms. The van der Waals surface area contributed by atoms with Crippen LogP contribution < -0.4 is 15.4 Å². The lowest BCUT2D eigenvalue weighted by atomic mass is 10.2. The summed E-state index contributed by atoms with van der Waals surface area (Å²) in [4.78, 5) is 33.9. The number of carbonyl (C=O) groups is 3. The average Bonchev–Trinajstić information content (AvgIpc) is 2.41. The maximum Gasteiger partial charge on any atom is 0.321 e. The topological polar surface area (TPSA) is 84.5 Å². The number of urea groups is 1. The highest BCUT2D eigenvalue weighted by atomic mass is 79.9. The summed E-state index contributed by atoms with van der Waals surface area (Å²) in [5.74, 6) is -0.329. The van der Waals surface area contributed by atoms with Crippen LogP contribution in [-0.4, -0.2) is 30.9 Å². The van der Waals surface area contributed by atoms with Crippen LogP contribution in [-0.2, 0) is 4.79 Å². The van der Waals surface area contributed by atoms with Crippen molar-refractivity contribution in [2.24, 2.45) is 0 Å². The van der Waals surface area contributed by atoms with Gasteiger partial charge in [0.05, 0.1) is 10.0 Å². The Hall–Kier alpha value is -1.89. The van der Waals surface area contributed by atoms with Gasteiger partial charge in [-0.3, -0.25) is 14.9 Å². The lowest BCUT2D eigenvalue weighted by Crippen LogP contribution is -2.45. The number of amides is 3. The van der Waals surface area contributed by atoms with Crippen LogP contribution in [0.5, 0.6) is 5.75 Å². The number of ether oxygens (including phenoxy) is 1. The van der Waals surface area contributed by atoms with Crippen molar-refractivity contribution < 1.29 is 19.1 Å². The molecule has 0 aliphatic heterocycles. The maximum atomic E-state index is 11.7. The zero-order chi connectivity index (χ0) is 15.1. The largest absolute Gasteiger partial charge is 0.479 e. The van der Waals surface area contributed by atoms with Crippen LogP contribution in [0.15, 0.2) is 22.7 Å². The van der Waals surface area contributed by atoms with Crippen LogP contribution in [0.25, 0.3) is 0 Å². The molecule has 1 rings (SSSR count). The number of aldehydes is 1. The minimum absolute atomic E-state index is 0.265. The first-order chi connectivity index (χ1) is 9.49. The Labute approximate surface area is 125 Å². The molecule has 6 nitrogen and oxygen atoms in total. The summed E-state index contributed by atoms with van der Waals surface area (Å²) in [7, 11) is 0. The monoisotopic (exact) mass is 342 g/mol. The third kappa shape index (κ3) is 4.34. The average molecular weight is 343 g/mol. The lowest BCUT2D eigenvalue weighted by Gasteiger charge is -2.16. The number of para-hydroxylation sites is 1. The number of nitrogens with one attached hydrogen (secondary N) is 2. The summed E-state index contributed by atoms with van der Waals surface area (Å²) in [6, 6.07) is 4.36. The Morgan fingerprint density at radius 2 is 2.15 bits per heavy atom. The van der Waals surface area contributed by atoms with Gasteiger partial charge in [-0.15, -0.1) is 0 Å². The molecule has 7 heteroatoms. The van der Waals surface area contributed by atoms with Crippen molar-refractivity contribution in [2.45, 2.75) is 20.0 Å². The minimum Gasteiger partial charge on any atom is -0.479 e. The molecule has 0 aliphatic carbocycles. The number of hydrogen-bond acceptors (Lipinski definition) is 4. The quantitative estimate of drug-likeness (QED) is 0.800. The zero-order valence-corrected chi connectivity index (χ0v) is 12.7. The molecule has 2 N–H and O–H groups in total. The van der Waals surface area contributed by atoms with E-state index in [-0.39, 0.29) is 5.75 Å². The Kier molecular flexibility index (Phi) is 6.17. The van der Waals surface area contributed by atoms with E-state index >= 15 is 0 Å². The molecule has 1 aromatic carbocycles. The highest BCUT2D eigenvalue weighted by molar-refractivity contribution is 9.10. The predicted octanol–water partition coefficient (Wildman–Crippen LogP) is 1.87. The van der Waals surface area contributed by atoms with Crippen molar-refractivity contribution in [3.8, 4) is 5.75 Å². The van der Waals surface area contributed by atoms with Crippen molar-refractivity contribution in [1.29, 1.82) is 0 Å². The van der Waals surface area contributed by atoms with E-state index in [0.717, 1.165) is 0 Å². The fourth-order valence-corrected chi connectivity index (χ4v) is 1.87. The van der Waals surface area contributed by atoms with Crippen molar-refractivity contribution in [2.75, 3.05) is 6.54 Å². The van der Waals surface area contributed by atoms with Crippen molar-refractivity contribution in [3.05, 3.63) is 28.2 Å². The molecule has 3 amide bonds. The first kappa shape index (κ1) is 16.2. The molecule has 0 saturated carbocycles. The van der Waals surface area contributed by atoms with Gasteiger partial charge in [-0.1, -0.05) is 6.07 Å². The Balaban J connectivity index is 2.75. The molecular formula is C13H15BrN2O4. The molecule has 1 unspecified atom stereocenters. The van der Waals surface area contributed by atoms with E-state index in [2.05, 4.69) is 26.6 Å². The zero-order valence-electron chi connectivity index (χ0n) is 11.1. The first-order valence-electron chi connectivity index (χ1n) is 5.98. The van der Waals surface area contributed by atoms with E-state index in [1.54, 1.807) is 25.1 Å². The van der Waals surface area contributed by atoms with E-state index in [1.165, 1.54) is 6.92 Å². The van der Waals surface area contributed by atoms with Gasteiger partial charge in [-0.25, -0.2) is 4.79 Å². The van der Waals surface area contributed by atoms with Gasteiger partial charge in [-0.05, 0) is 41.9 Å². The van der Waals surface area contributed by atoms with Gasteiger partial charge in [-0.2, -0.15) is 0 Å². The summed E-state index contributed by atoms with van der Waals surface area (Å²) in [5, 5.41) is 4.58. The molecular weight excluding hydrogens is 328 g/mol. The van der Waals surface area contributed by atoms with Crippen LogP contribution in [0.2, 0.25) is 0 Å². The van der Waals surface area contributed by atoms with Crippen LogP contribution in [0, 0.1) is 0 Å². The SMILES string of the molecule is CCNC(=O)NC(=O)C(C)Oc1c(Br)cccc1C=O.